The number of anilines is 1. The van der Waals surface area contributed by atoms with Gasteiger partial charge in [0.15, 0.2) is 23.3 Å². The van der Waals surface area contributed by atoms with Crippen molar-refractivity contribution in [2.45, 2.75) is 13.8 Å². The quantitative estimate of drug-likeness (QED) is 0.480. The molecule has 1 N–H and O–H groups in total. The molecule has 3 nitrogen and oxygen atoms in total. The van der Waals surface area contributed by atoms with E-state index in [1.165, 1.54) is 14.2 Å². The van der Waals surface area contributed by atoms with Crippen LogP contribution in [0.4, 0.5) is 23.2 Å². The van der Waals surface area contributed by atoms with Gasteiger partial charge in [-0.1, -0.05) is 13.8 Å². The first-order chi connectivity index (χ1) is 12.0. The smallest absolute Gasteiger partial charge is 0.185 e. The average molecular weight is 372 g/mol. The van der Waals surface area contributed by atoms with Crippen molar-refractivity contribution >= 4 is 27.2 Å². The molecular formula is C17H16F4N2OS. The molecule has 134 valence electrons. The molecule has 8 heteroatoms. The van der Waals surface area contributed by atoms with Crippen LogP contribution in [0.1, 0.15) is 13.8 Å². The number of hydrogen-bond donors (Lipinski definition) is 1. The molecule has 25 heavy (non-hydrogen) atoms. The van der Waals surface area contributed by atoms with Crippen molar-refractivity contribution in [3.05, 3.63) is 41.5 Å². The maximum Gasteiger partial charge on any atom is 0.185 e. The Morgan fingerprint density at radius 2 is 1.60 bits per heavy atom. The Balaban J connectivity index is 0.00000109. The summed E-state index contributed by atoms with van der Waals surface area (Å²) < 4.78 is 61.7. The zero-order valence-electron chi connectivity index (χ0n) is 14.0. The molecule has 0 unspecified atom stereocenters. The summed E-state index contributed by atoms with van der Waals surface area (Å²) in [5, 5.41) is 1.95. The highest BCUT2D eigenvalue weighted by molar-refractivity contribution is 7.21. The van der Waals surface area contributed by atoms with E-state index in [1.807, 2.05) is 13.8 Å². The van der Waals surface area contributed by atoms with Crippen LogP contribution in [0, 0.1) is 23.3 Å². The molecule has 0 spiro atoms. The van der Waals surface area contributed by atoms with E-state index in [-0.39, 0.29) is 5.01 Å². The molecule has 2 aromatic carbocycles. The van der Waals surface area contributed by atoms with Gasteiger partial charge in [-0.05, 0) is 18.2 Å². The lowest BCUT2D eigenvalue weighted by Gasteiger charge is -2.09. The fraction of sp³-hybridized carbons (Fsp3) is 0.235. The summed E-state index contributed by atoms with van der Waals surface area (Å²) in [6.07, 6.45) is 0. The van der Waals surface area contributed by atoms with Crippen molar-refractivity contribution in [2.24, 2.45) is 0 Å². The lowest BCUT2D eigenvalue weighted by Crippen LogP contribution is -2.05. The van der Waals surface area contributed by atoms with Crippen molar-refractivity contribution in [3.63, 3.8) is 0 Å². The molecule has 0 aliphatic heterocycles. The molecule has 0 aliphatic rings. The molecule has 0 atom stereocenters. The fourth-order valence-corrected chi connectivity index (χ4v) is 3.20. The molecule has 0 saturated heterocycles. The van der Waals surface area contributed by atoms with Gasteiger partial charge < -0.3 is 10.1 Å². The molecule has 0 aliphatic carbocycles. The first-order valence-electron chi connectivity index (χ1n) is 7.46. The van der Waals surface area contributed by atoms with E-state index in [4.69, 9.17) is 4.74 Å². The zero-order valence-corrected chi connectivity index (χ0v) is 14.8. The van der Waals surface area contributed by atoms with Crippen molar-refractivity contribution in [3.8, 4) is 16.3 Å². The van der Waals surface area contributed by atoms with Crippen LogP contribution in [0.25, 0.3) is 20.8 Å². The Kier molecular flexibility index (Phi) is 5.84. The van der Waals surface area contributed by atoms with Gasteiger partial charge in [-0.2, -0.15) is 0 Å². The lowest BCUT2D eigenvalue weighted by molar-refractivity contribution is 0.415. The number of rotatable bonds is 3. The van der Waals surface area contributed by atoms with E-state index < -0.39 is 34.5 Å². The summed E-state index contributed by atoms with van der Waals surface area (Å²) in [4.78, 5) is 4.05. The van der Waals surface area contributed by atoms with Crippen LogP contribution in [0.2, 0.25) is 0 Å². The Morgan fingerprint density at radius 1 is 1.00 bits per heavy atom. The number of hydrogen-bond acceptors (Lipinski definition) is 4. The monoisotopic (exact) mass is 372 g/mol. The molecule has 0 saturated carbocycles. The summed E-state index contributed by atoms with van der Waals surface area (Å²) in [6.45, 7) is 4.00. The average Bonchev–Trinajstić information content (AvgIpc) is 3.05. The van der Waals surface area contributed by atoms with Crippen LogP contribution >= 0.6 is 11.3 Å². The van der Waals surface area contributed by atoms with Crippen molar-refractivity contribution < 1.29 is 22.3 Å². The number of nitrogens with zero attached hydrogens (tertiary/aromatic N) is 1. The topological polar surface area (TPSA) is 34.2 Å². The maximum absolute atomic E-state index is 14.2. The highest BCUT2D eigenvalue weighted by atomic mass is 32.1. The van der Waals surface area contributed by atoms with E-state index in [0.717, 1.165) is 11.3 Å². The second-order valence-corrected chi connectivity index (χ2v) is 5.64. The highest BCUT2D eigenvalue weighted by Crippen LogP contribution is 2.38. The molecule has 0 radical (unpaired) electrons. The third kappa shape index (κ3) is 3.26. The molecular weight excluding hydrogens is 356 g/mol. The molecule has 0 bridgehead atoms. The minimum absolute atomic E-state index is 0.149. The van der Waals surface area contributed by atoms with Crippen molar-refractivity contribution in [1.82, 2.24) is 4.98 Å². The zero-order chi connectivity index (χ0) is 18.7. The second-order valence-electron chi connectivity index (χ2n) is 4.61. The first-order valence-corrected chi connectivity index (χ1v) is 8.28. The van der Waals surface area contributed by atoms with E-state index in [2.05, 4.69) is 10.3 Å². The second kappa shape index (κ2) is 7.69. The summed E-state index contributed by atoms with van der Waals surface area (Å²) in [6, 6.07) is 4.85. The van der Waals surface area contributed by atoms with Crippen LogP contribution in [0.3, 0.4) is 0 Å². The Labute approximate surface area is 146 Å². The van der Waals surface area contributed by atoms with E-state index in [1.54, 1.807) is 18.2 Å². The standard InChI is InChI=1S/C15H10F4N2OS.C2H6/c1-20-14-12(18)10(16)9(11(17)13(14)19)15-21-7-4-3-6(22-2)5-8(7)23-15;1-2/h3-5,20H,1-2H3;1-2H3. The van der Waals surface area contributed by atoms with Crippen LogP contribution < -0.4 is 10.1 Å². The largest absolute Gasteiger partial charge is 0.497 e. The number of methoxy groups -OCH3 is 1. The number of halogens is 4. The lowest BCUT2D eigenvalue weighted by atomic mass is 10.1. The number of thiazole rings is 1. The van der Waals surface area contributed by atoms with Crippen LogP contribution in [-0.4, -0.2) is 19.1 Å². The number of benzene rings is 2. The third-order valence-electron chi connectivity index (χ3n) is 3.32. The van der Waals surface area contributed by atoms with E-state index in [0.29, 0.717) is 16.0 Å². The van der Waals surface area contributed by atoms with Gasteiger partial charge in [0.2, 0.25) is 0 Å². The van der Waals surface area contributed by atoms with Crippen molar-refractivity contribution in [1.29, 1.82) is 0 Å². The Bertz CT molecular complexity index is 882. The van der Waals surface area contributed by atoms with Crippen LogP contribution in [-0.2, 0) is 0 Å². The van der Waals surface area contributed by atoms with E-state index in [9.17, 15) is 17.6 Å². The predicted molar refractivity (Wildman–Crippen MR) is 92.3 cm³/mol. The minimum Gasteiger partial charge on any atom is -0.497 e. The van der Waals surface area contributed by atoms with Crippen LogP contribution in [0.5, 0.6) is 5.75 Å². The molecule has 1 heterocycles. The normalized spacial score (nSPS) is 10.4. The molecule has 0 fully saturated rings. The minimum atomic E-state index is -1.49. The van der Waals surface area contributed by atoms with E-state index >= 15 is 0 Å². The van der Waals surface area contributed by atoms with Gasteiger partial charge in [0.05, 0.1) is 22.9 Å². The number of nitrogens with one attached hydrogen (secondary N) is 1. The highest BCUT2D eigenvalue weighted by Gasteiger charge is 2.27. The summed E-state index contributed by atoms with van der Waals surface area (Å²) in [5.74, 6) is -5.41. The summed E-state index contributed by atoms with van der Waals surface area (Å²) in [5.41, 5.74) is -1.23. The molecule has 1 aromatic heterocycles. The van der Waals surface area contributed by atoms with Gasteiger partial charge in [0, 0.05) is 7.05 Å². The SMILES string of the molecule is CC.CNc1c(F)c(F)c(-c2nc3ccc(OC)cc3s2)c(F)c1F. The van der Waals surface area contributed by atoms with Gasteiger partial charge >= 0.3 is 0 Å². The van der Waals surface area contributed by atoms with Gasteiger partial charge in [-0.25, -0.2) is 22.5 Å². The first kappa shape index (κ1) is 19.0. The number of aromatic nitrogens is 1. The summed E-state index contributed by atoms with van der Waals surface area (Å²) in [7, 11) is 2.65. The van der Waals surface area contributed by atoms with Crippen molar-refractivity contribution in [2.75, 3.05) is 19.5 Å². The van der Waals surface area contributed by atoms with Gasteiger partial charge in [0.25, 0.3) is 0 Å². The van der Waals surface area contributed by atoms with Gasteiger partial charge in [0.1, 0.15) is 16.4 Å². The molecule has 3 rings (SSSR count). The fourth-order valence-electron chi connectivity index (χ4n) is 2.18. The summed E-state index contributed by atoms with van der Waals surface area (Å²) >= 11 is 0.914. The van der Waals surface area contributed by atoms with Gasteiger partial charge in [-0.3, -0.25) is 0 Å². The maximum atomic E-state index is 14.2. The molecule has 3 aromatic rings. The predicted octanol–water partition coefficient (Wildman–Crippen LogP) is 5.60. The van der Waals surface area contributed by atoms with Crippen LogP contribution in [0.15, 0.2) is 18.2 Å². The molecule has 0 amide bonds. The number of ether oxygens (including phenoxy) is 1. The van der Waals surface area contributed by atoms with Gasteiger partial charge in [-0.15, -0.1) is 11.3 Å². The Hall–Kier alpha value is -2.35. The third-order valence-corrected chi connectivity index (χ3v) is 4.36. The Morgan fingerprint density at radius 3 is 2.12 bits per heavy atom. The number of fused-ring (bicyclic) bond motifs is 1.